The number of hydrogen-bond acceptors (Lipinski definition) is 7. The molecule has 0 saturated carbocycles. The lowest BCUT2D eigenvalue weighted by Crippen LogP contribution is -2.14. The number of amides is 1. The van der Waals surface area contributed by atoms with Gasteiger partial charge in [-0.3, -0.25) is 19.2 Å². The lowest BCUT2D eigenvalue weighted by molar-refractivity contribution is 0.102. The lowest BCUT2D eigenvalue weighted by atomic mass is 10.1. The number of imidazole rings is 1. The molecule has 0 aliphatic heterocycles. The summed E-state index contributed by atoms with van der Waals surface area (Å²) in [5.74, 6) is 1.30. The maximum Gasteiger partial charge on any atom is 0.274 e. The Morgan fingerprint density at radius 1 is 0.875 bits per heavy atom. The topological polar surface area (TPSA) is 104 Å². The molecule has 1 amide bonds. The van der Waals surface area contributed by atoms with Crippen molar-refractivity contribution >= 4 is 28.4 Å². The zero-order valence-electron chi connectivity index (χ0n) is 17.3. The molecule has 1 N–H and O–H groups in total. The van der Waals surface area contributed by atoms with Crippen molar-refractivity contribution in [1.82, 2.24) is 24.3 Å². The minimum atomic E-state index is -0.363. The van der Waals surface area contributed by atoms with Gasteiger partial charge >= 0.3 is 0 Å². The van der Waals surface area contributed by atoms with E-state index in [0.29, 0.717) is 23.0 Å². The van der Waals surface area contributed by atoms with E-state index in [1.54, 1.807) is 44.0 Å². The summed E-state index contributed by atoms with van der Waals surface area (Å²) >= 11 is 0. The Balaban J connectivity index is 1.49. The zero-order valence-corrected chi connectivity index (χ0v) is 17.3. The second-order valence-electron chi connectivity index (χ2n) is 6.98. The fourth-order valence-electron chi connectivity index (χ4n) is 3.38. The summed E-state index contributed by atoms with van der Waals surface area (Å²) in [4.78, 5) is 29.9. The monoisotopic (exact) mass is 426 g/mol. The molecule has 9 heteroatoms. The molecular weight excluding hydrogens is 408 g/mol. The standard InChI is InChI=1S/C23H18N6O3/c1-31-17-7-15(10-24-12-17)14-3-4-19-21(8-14)29-6-5-20(28-23(29)27-19)22(30)26-16-9-18(32-2)13-25-11-16/h3-13H,1-2H3,(H,26,30). The zero-order chi connectivity index (χ0) is 22.1. The molecule has 5 aromatic rings. The van der Waals surface area contributed by atoms with Gasteiger partial charge in [-0.15, -0.1) is 0 Å². The Kier molecular flexibility index (Phi) is 4.83. The van der Waals surface area contributed by atoms with Crippen LogP contribution in [0.25, 0.3) is 27.9 Å². The average molecular weight is 426 g/mol. The molecule has 0 atom stereocenters. The summed E-state index contributed by atoms with van der Waals surface area (Å²) in [5, 5.41) is 2.77. The first-order chi connectivity index (χ1) is 15.6. The van der Waals surface area contributed by atoms with Crippen molar-refractivity contribution in [1.29, 1.82) is 0 Å². The molecule has 1 aromatic carbocycles. The van der Waals surface area contributed by atoms with Gasteiger partial charge in [-0.05, 0) is 29.8 Å². The highest BCUT2D eigenvalue weighted by Gasteiger charge is 2.13. The van der Waals surface area contributed by atoms with Crippen LogP contribution < -0.4 is 14.8 Å². The van der Waals surface area contributed by atoms with E-state index in [0.717, 1.165) is 22.2 Å². The number of pyridine rings is 2. The van der Waals surface area contributed by atoms with Crippen molar-refractivity contribution in [2.45, 2.75) is 0 Å². The third-order valence-corrected chi connectivity index (χ3v) is 4.99. The highest BCUT2D eigenvalue weighted by molar-refractivity contribution is 6.03. The van der Waals surface area contributed by atoms with Gasteiger partial charge in [0.05, 0.1) is 49.5 Å². The number of fused-ring (bicyclic) bond motifs is 3. The molecular formula is C23H18N6O3. The second kappa shape index (κ2) is 7.95. The number of rotatable bonds is 5. The van der Waals surface area contributed by atoms with E-state index in [1.807, 2.05) is 28.7 Å². The van der Waals surface area contributed by atoms with Crippen molar-refractivity contribution in [3.63, 3.8) is 0 Å². The average Bonchev–Trinajstić information content (AvgIpc) is 3.21. The van der Waals surface area contributed by atoms with Crippen LogP contribution in [-0.4, -0.2) is 44.5 Å². The fraction of sp³-hybridized carbons (Fsp3) is 0.0870. The number of benzene rings is 1. The molecule has 0 spiro atoms. The molecule has 0 fully saturated rings. The maximum absolute atomic E-state index is 12.7. The number of carbonyl (C=O) groups excluding carboxylic acids is 1. The van der Waals surface area contributed by atoms with Gasteiger partial charge in [-0.1, -0.05) is 6.07 Å². The van der Waals surface area contributed by atoms with Gasteiger partial charge in [0, 0.05) is 24.0 Å². The highest BCUT2D eigenvalue weighted by Crippen LogP contribution is 2.27. The van der Waals surface area contributed by atoms with E-state index in [-0.39, 0.29) is 11.6 Å². The number of methoxy groups -OCH3 is 2. The van der Waals surface area contributed by atoms with Crippen LogP contribution in [0.3, 0.4) is 0 Å². The molecule has 0 aliphatic carbocycles. The van der Waals surface area contributed by atoms with Crippen molar-refractivity contribution in [3.8, 4) is 22.6 Å². The Labute approximate surface area is 182 Å². The highest BCUT2D eigenvalue weighted by atomic mass is 16.5. The maximum atomic E-state index is 12.7. The van der Waals surface area contributed by atoms with Gasteiger partial charge in [0.25, 0.3) is 5.91 Å². The van der Waals surface area contributed by atoms with E-state index in [1.165, 1.54) is 13.3 Å². The normalized spacial score (nSPS) is 10.9. The van der Waals surface area contributed by atoms with E-state index >= 15 is 0 Å². The first-order valence-electron chi connectivity index (χ1n) is 9.73. The summed E-state index contributed by atoms with van der Waals surface area (Å²) in [5.41, 5.74) is 4.30. The largest absolute Gasteiger partial charge is 0.495 e. The molecule has 158 valence electrons. The second-order valence-corrected chi connectivity index (χ2v) is 6.98. The minimum absolute atomic E-state index is 0.243. The molecule has 9 nitrogen and oxygen atoms in total. The Bertz CT molecular complexity index is 1460. The fourth-order valence-corrected chi connectivity index (χ4v) is 3.38. The first kappa shape index (κ1) is 19.4. The van der Waals surface area contributed by atoms with Gasteiger partial charge < -0.3 is 14.8 Å². The SMILES string of the molecule is COc1cncc(NC(=O)c2ccn3c(n2)nc2ccc(-c4cncc(OC)c4)cc23)c1. The van der Waals surface area contributed by atoms with Crippen LogP contribution >= 0.6 is 0 Å². The number of aromatic nitrogens is 5. The van der Waals surface area contributed by atoms with Gasteiger partial charge in [-0.25, -0.2) is 9.97 Å². The molecule has 0 unspecified atom stereocenters. The molecule has 5 rings (SSSR count). The van der Waals surface area contributed by atoms with Crippen LogP contribution in [-0.2, 0) is 0 Å². The van der Waals surface area contributed by atoms with Crippen molar-refractivity contribution in [2.24, 2.45) is 0 Å². The lowest BCUT2D eigenvalue weighted by Gasteiger charge is -2.06. The number of carbonyl (C=O) groups is 1. The van der Waals surface area contributed by atoms with E-state index in [4.69, 9.17) is 9.47 Å². The van der Waals surface area contributed by atoms with Crippen molar-refractivity contribution < 1.29 is 14.3 Å². The third kappa shape index (κ3) is 3.56. The van der Waals surface area contributed by atoms with Crippen LogP contribution in [0.4, 0.5) is 5.69 Å². The molecule has 4 aromatic heterocycles. The van der Waals surface area contributed by atoms with Crippen LogP contribution in [0.5, 0.6) is 11.5 Å². The van der Waals surface area contributed by atoms with Gasteiger partial charge in [0.2, 0.25) is 5.78 Å². The van der Waals surface area contributed by atoms with E-state index in [2.05, 4.69) is 25.3 Å². The third-order valence-electron chi connectivity index (χ3n) is 4.99. The number of anilines is 1. The summed E-state index contributed by atoms with van der Waals surface area (Å²) in [6, 6.07) is 11.1. The van der Waals surface area contributed by atoms with Gasteiger partial charge in [-0.2, -0.15) is 0 Å². The molecule has 0 saturated heterocycles. The Morgan fingerprint density at radius 2 is 1.66 bits per heavy atom. The van der Waals surface area contributed by atoms with E-state index in [9.17, 15) is 4.79 Å². The van der Waals surface area contributed by atoms with Crippen molar-refractivity contribution in [3.05, 3.63) is 73.1 Å². The van der Waals surface area contributed by atoms with Gasteiger partial charge in [0.15, 0.2) is 0 Å². The number of ether oxygens (including phenoxy) is 2. The minimum Gasteiger partial charge on any atom is -0.495 e. The number of nitrogens with zero attached hydrogens (tertiary/aromatic N) is 5. The predicted octanol–water partition coefficient (Wildman–Crippen LogP) is 3.61. The summed E-state index contributed by atoms with van der Waals surface area (Å²) in [6.07, 6.45) is 8.32. The molecule has 0 bridgehead atoms. The van der Waals surface area contributed by atoms with Crippen LogP contribution in [0.1, 0.15) is 10.5 Å². The first-order valence-corrected chi connectivity index (χ1v) is 9.73. The summed E-state index contributed by atoms with van der Waals surface area (Å²) in [7, 11) is 3.15. The smallest absolute Gasteiger partial charge is 0.274 e. The predicted molar refractivity (Wildman–Crippen MR) is 119 cm³/mol. The quantitative estimate of drug-likeness (QED) is 0.458. The van der Waals surface area contributed by atoms with E-state index < -0.39 is 0 Å². The Hall–Kier alpha value is -4.53. The Morgan fingerprint density at radius 3 is 2.47 bits per heavy atom. The summed E-state index contributed by atoms with van der Waals surface area (Å²) < 4.78 is 12.2. The number of hydrogen-bond donors (Lipinski definition) is 1. The molecule has 0 aliphatic rings. The van der Waals surface area contributed by atoms with Gasteiger partial charge in [0.1, 0.15) is 17.2 Å². The molecule has 0 radical (unpaired) electrons. The molecule has 32 heavy (non-hydrogen) atoms. The molecule has 4 heterocycles. The van der Waals surface area contributed by atoms with Crippen LogP contribution in [0.15, 0.2) is 67.4 Å². The number of nitrogens with one attached hydrogen (secondary N) is 1. The summed E-state index contributed by atoms with van der Waals surface area (Å²) in [6.45, 7) is 0. The van der Waals surface area contributed by atoms with Crippen LogP contribution in [0, 0.1) is 0 Å². The van der Waals surface area contributed by atoms with Crippen LogP contribution in [0.2, 0.25) is 0 Å². The van der Waals surface area contributed by atoms with Crippen molar-refractivity contribution in [2.75, 3.05) is 19.5 Å².